The number of benzene rings is 1. The number of rotatable bonds is 7. The Labute approximate surface area is 139 Å². The van der Waals surface area contributed by atoms with Crippen LogP contribution in [0.2, 0.25) is 0 Å². The monoisotopic (exact) mass is 335 g/mol. The number of ether oxygens (including phenoxy) is 2. The minimum atomic E-state index is -0.275. The van der Waals surface area contributed by atoms with E-state index in [1.54, 1.807) is 31.4 Å². The number of carbonyl (C=O) groups excluding carboxylic acids is 1. The van der Waals surface area contributed by atoms with Gasteiger partial charge in [-0.1, -0.05) is 6.92 Å². The van der Waals surface area contributed by atoms with E-state index < -0.39 is 0 Å². The van der Waals surface area contributed by atoms with E-state index >= 15 is 0 Å². The normalized spacial score (nSPS) is 11.8. The number of hydrogen-bond donors (Lipinski definition) is 1. The van der Waals surface area contributed by atoms with Gasteiger partial charge in [-0.3, -0.25) is 9.69 Å². The zero-order valence-corrected chi connectivity index (χ0v) is 14.3. The highest BCUT2D eigenvalue weighted by atomic mass is 32.1. The van der Waals surface area contributed by atoms with Crippen LogP contribution in [0, 0.1) is 5.92 Å². The van der Waals surface area contributed by atoms with Gasteiger partial charge < -0.3 is 15.2 Å². The molecule has 2 aromatic rings. The molecular formula is C16H21N3O3S. The highest BCUT2D eigenvalue weighted by Crippen LogP contribution is 2.29. The molecule has 0 saturated heterocycles. The molecule has 6 nitrogen and oxygen atoms in total. The SMILES string of the molecule is COc1ccc(CN(C(=O)C(C)CN)c2nccs2)c(OC)c1. The maximum absolute atomic E-state index is 12.6. The molecule has 1 heterocycles. The van der Waals surface area contributed by atoms with Crippen molar-refractivity contribution in [2.75, 3.05) is 25.7 Å². The summed E-state index contributed by atoms with van der Waals surface area (Å²) in [7, 11) is 3.19. The van der Waals surface area contributed by atoms with Gasteiger partial charge in [0.1, 0.15) is 11.5 Å². The van der Waals surface area contributed by atoms with E-state index in [0.29, 0.717) is 29.7 Å². The molecule has 7 heteroatoms. The van der Waals surface area contributed by atoms with Crippen LogP contribution in [-0.2, 0) is 11.3 Å². The predicted octanol–water partition coefficient (Wildman–Crippen LogP) is 2.29. The molecule has 0 aliphatic heterocycles. The largest absolute Gasteiger partial charge is 0.497 e. The lowest BCUT2D eigenvalue weighted by Gasteiger charge is -2.24. The molecule has 0 saturated carbocycles. The standard InChI is InChI=1S/C16H21N3O3S/c1-11(9-17)15(20)19(16-18-6-7-23-16)10-12-4-5-13(21-2)8-14(12)22-3/h4-8,11H,9-10,17H2,1-3H3. The number of thiazole rings is 1. The zero-order chi connectivity index (χ0) is 16.8. The van der Waals surface area contributed by atoms with Gasteiger partial charge in [0.25, 0.3) is 0 Å². The molecule has 2 N–H and O–H groups in total. The molecule has 2 rings (SSSR count). The molecule has 1 aromatic heterocycles. The van der Waals surface area contributed by atoms with Crippen LogP contribution in [0.25, 0.3) is 0 Å². The summed E-state index contributed by atoms with van der Waals surface area (Å²) in [5.41, 5.74) is 6.52. The van der Waals surface area contributed by atoms with E-state index in [1.165, 1.54) is 11.3 Å². The fourth-order valence-electron chi connectivity index (χ4n) is 2.11. The van der Waals surface area contributed by atoms with Crippen molar-refractivity contribution in [2.24, 2.45) is 11.7 Å². The predicted molar refractivity (Wildman–Crippen MR) is 91.1 cm³/mol. The first-order valence-corrected chi connectivity index (χ1v) is 8.10. The molecule has 1 aromatic carbocycles. The second-order valence-electron chi connectivity index (χ2n) is 5.05. The van der Waals surface area contributed by atoms with Crippen molar-refractivity contribution in [2.45, 2.75) is 13.5 Å². The minimum absolute atomic E-state index is 0.0553. The number of methoxy groups -OCH3 is 2. The van der Waals surface area contributed by atoms with E-state index in [4.69, 9.17) is 15.2 Å². The van der Waals surface area contributed by atoms with E-state index in [9.17, 15) is 4.79 Å². The Hall–Kier alpha value is -2.12. The van der Waals surface area contributed by atoms with Gasteiger partial charge in [0.05, 0.1) is 20.8 Å². The first kappa shape index (κ1) is 17.2. The van der Waals surface area contributed by atoms with Crippen LogP contribution in [0.4, 0.5) is 5.13 Å². The molecule has 1 unspecified atom stereocenters. The van der Waals surface area contributed by atoms with Crippen molar-refractivity contribution >= 4 is 22.4 Å². The van der Waals surface area contributed by atoms with E-state index in [1.807, 2.05) is 24.4 Å². The third-order valence-electron chi connectivity index (χ3n) is 3.51. The Balaban J connectivity index is 2.33. The van der Waals surface area contributed by atoms with Gasteiger partial charge in [-0.2, -0.15) is 0 Å². The van der Waals surface area contributed by atoms with E-state index in [0.717, 1.165) is 5.56 Å². The van der Waals surface area contributed by atoms with Crippen LogP contribution in [0.1, 0.15) is 12.5 Å². The summed E-state index contributed by atoms with van der Waals surface area (Å²) in [4.78, 5) is 18.5. The van der Waals surface area contributed by atoms with Crippen molar-refractivity contribution in [1.82, 2.24) is 4.98 Å². The number of anilines is 1. The van der Waals surface area contributed by atoms with Gasteiger partial charge in [-0.15, -0.1) is 11.3 Å². The summed E-state index contributed by atoms with van der Waals surface area (Å²) < 4.78 is 10.6. The Kier molecular flexibility index (Phi) is 5.95. The van der Waals surface area contributed by atoms with Crippen LogP contribution < -0.4 is 20.1 Å². The molecule has 23 heavy (non-hydrogen) atoms. The third kappa shape index (κ3) is 4.00. The number of aromatic nitrogens is 1. The van der Waals surface area contributed by atoms with Gasteiger partial charge in [0.15, 0.2) is 5.13 Å². The average molecular weight is 335 g/mol. The van der Waals surface area contributed by atoms with E-state index in [2.05, 4.69) is 4.98 Å². The minimum Gasteiger partial charge on any atom is -0.497 e. The average Bonchev–Trinajstić information content (AvgIpc) is 3.12. The summed E-state index contributed by atoms with van der Waals surface area (Å²) in [5, 5.41) is 2.49. The quantitative estimate of drug-likeness (QED) is 0.840. The summed E-state index contributed by atoms with van der Waals surface area (Å²) in [6.45, 7) is 2.47. The smallest absolute Gasteiger partial charge is 0.233 e. The van der Waals surface area contributed by atoms with Crippen molar-refractivity contribution in [3.8, 4) is 11.5 Å². The molecule has 0 bridgehead atoms. The highest BCUT2D eigenvalue weighted by Gasteiger charge is 2.24. The van der Waals surface area contributed by atoms with Crippen molar-refractivity contribution in [3.05, 3.63) is 35.3 Å². The Bertz CT molecular complexity index is 646. The lowest BCUT2D eigenvalue weighted by molar-refractivity contribution is -0.121. The van der Waals surface area contributed by atoms with Crippen molar-refractivity contribution in [3.63, 3.8) is 0 Å². The maximum atomic E-state index is 12.6. The van der Waals surface area contributed by atoms with Crippen molar-refractivity contribution < 1.29 is 14.3 Å². The molecule has 0 spiro atoms. The second-order valence-corrected chi connectivity index (χ2v) is 5.93. The Morgan fingerprint density at radius 1 is 1.39 bits per heavy atom. The lowest BCUT2D eigenvalue weighted by atomic mass is 10.1. The second kappa shape index (κ2) is 7.94. The summed E-state index contributed by atoms with van der Waals surface area (Å²) in [6, 6.07) is 5.53. The van der Waals surface area contributed by atoms with Crippen LogP contribution in [0.3, 0.4) is 0 Å². The molecule has 0 radical (unpaired) electrons. The number of nitrogens with two attached hydrogens (primary N) is 1. The van der Waals surface area contributed by atoms with Crippen LogP contribution >= 0.6 is 11.3 Å². The third-order valence-corrected chi connectivity index (χ3v) is 4.31. The number of nitrogens with zero attached hydrogens (tertiary/aromatic N) is 2. The number of hydrogen-bond acceptors (Lipinski definition) is 6. The molecule has 0 aliphatic rings. The summed E-state index contributed by atoms with van der Waals surface area (Å²) in [6.07, 6.45) is 1.68. The van der Waals surface area contributed by atoms with Crippen LogP contribution in [0.5, 0.6) is 11.5 Å². The van der Waals surface area contributed by atoms with Gasteiger partial charge >= 0.3 is 0 Å². The van der Waals surface area contributed by atoms with E-state index in [-0.39, 0.29) is 11.8 Å². The fraction of sp³-hybridized carbons (Fsp3) is 0.375. The molecule has 1 amide bonds. The first-order valence-electron chi connectivity index (χ1n) is 7.22. The first-order chi connectivity index (χ1) is 11.1. The lowest BCUT2D eigenvalue weighted by Crippen LogP contribution is -2.37. The topological polar surface area (TPSA) is 77.7 Å². The van der Waals surface area contributed by atoms with Gasteiger partial charge in [0.2, 0.25) is 5.91 Å². The zero-order valence-electron chi connectivity index (χ0n) is 13.5. The van der Waals surface area contributed by atoms with Crippen LogP contribution in [0.15, 0.2) is 29.8 Å². The fourth-order valence-corrected chi connectivity index (χ4v) is 2.76. The molecule has 0 fully saturated rings. The van der Waals surface area contributed by atoms with Gasteiger partial charge in [-0.05, 0) is 12.1 Å². The number of amides is 1. The van der Waals surface area contributed by atoms with Crippen molar-refractivity contribution in [1.29, 1.82) is 0 Å². The Morgan fingerprint density at radius 2 is 2.17 bits per heavy atom. The van der Waals surface area contributed by atoms with Gasteiger partial charge in [-0.25, -0.2) is 4.98 Å². The van der Waals surface area contributed by atoms with Crippen LogP contribution in [-0.4, -0.2) is 31.7 Å². The van der Waals surface area contributed by atoms with Gasteiger partial charge in [0, 0.05) is 35.7 Å². The summed E-state index contributed by atoms with van der Waals surface area (Å²) >= 11 is 1.42. The molecule has 0 aliphatic carbocycles. The highest BCUT2D eigenvalue weighted by molar-refractivity contribution is 7.13. The molecule has 1 atom stereocenters. The molecule has 124 valence electrons. The Morgan fingerprint density at radius 3 is 2.74 bits per heavy atom. The number of carbonyl (C=O) groups is 1. The molecular weight excluding hydrogens is 314 g/mol. The summed E-state index contributed by atoms with van der Waals surface area (Å²) in [5.74, 6) is 1.04. The maximum Gasteiger partial charge on any atom is 0.233 e.